The monoisotopic (exact) mass is 310 g/mol. The average Bonchev–Trinajstić information content (AvgIpc) is 2.98. The van der Waals surface area contributed by atoms with Gasteiger partial charge in [0.1, 0.15) is 0 Å². The molecule has 0 fully saturated rings. The van der Waals surface area contributed by atoms with E-state index in [2.05, 4.69) is 0 Å². The van der Waals surface area contributed by atoms with E-state index in [1.165, 1.54) is 23.8 Å². The highest BCUT2D eigenvalue weighted by Gasteiger charge is 2.23. The molecule has 0 saturated heterocycles. The Labute approximate surface area is 131 Å². The highest BCUT2D eigenvalue weighted by atomic mass is 16.2. The zero-order valence-electron chi connectivity index (χ0n) is 12.4. The number of allylic oxidation sites excluding steroid dienone is 2. The molecule has 1 aliphatic carbocycles. The number of hydrogen-bond acceptors (Lipinski definition) is 4. The number of aromatic nitrogens is 2. The Bertz CT molecular complexity index is 935. The van der Waals surface area contributed by atoms with Gasteiger partial charge in [0.05, 0.1) is 6.04 Å². The number of aryl methyl sites for hydroxylation is 1. The second-order valence-corrected chi connectivity index (χ2v) is 5.41. The van der Waals surface area contributed by atoms with E-state index in [-0.39, 0.29) is 23.3 Å². The average molecular weight is 310 g/mol. The molecule has 1 aromatic carbocycles. The molecule has 0 N–H and O–H groups in total. The maximum absolute atomic E-state index is 12.6. The lowest BCUT2D eigenvalue weighted by atomic mass is 10.2. The number of benzene rings is 1. The Morgan fingerprint density at radius 2 is 1.83 bits per heavy atom. The molecule has 0 amide bonds. The lowest BCUT2D eigenvalue weighted by Gasteiger charge is -2.14. The zero-order valence-corrected chi connectivity index (χ0v) is 12.4. The van der Waals surface area contributed by atoms with Gasteiger partial charge >= 0.3 is 5.69 Å². The number of hydrogen-bond donors (Lipinski definition) is 0. The van der Waals surface area contributed by atoms with Crippen molar-refractivity contribution in [3.8, 4) is 0 Å². The first-order chi connectivity index (χ1) is 11.0. The van der Waals surface area contributed by atoms with E-state index in [4.69, 9.17) is 0 Å². The molecule has 0 saturated carbocycles. The maximum atomic E-state index is 12.6. The quantitative estimate of drug-likeness (QED) is 0.831. The van der Waals surface area contributed by atoms with Gasteiger partial charge in [0.15, 0.2) is 5.78 Å². The smallest absolute Gasteiger partial charge is 0.295 e. The van der Waals surface area contributed by atoms with Gasteiger partial charge in [-0.25, -0.2) is 4.79 Å². The summed E-state index contributed by atoms with van der Waals surface area (Å²) >= 11 is 0. The van der Waals surface area contributed by atoms with Gasteiger partial charge < -0.3 is 0 Å². The SMILES string of the molecule is Cc1cn([C@@H]2C=CC(=O)C2)c(=O)n(C(=O)c2ccccc2)c1=O. The maximum Gasteiger partial charge on any atom is 0.338 e. The fourth-order valence-corrected chi connectivity index (χ4v) is 2.58. The van der Waals surface area contributed by atoms with E-state index < -0.39 is 23.2 Å². The van der Waals surface area contributed by atoms with Crippen LogP contribution in [0.4, 0.5) is 0 Å². The molecular formula is C17H14N2O4. The van der Waals surface area contributed by atoms with Crippen LogP contribution in [0.1, 0.15) is 28.4 Å². The third-order valence-corrected chi connectivity index (χ3v) is 3.78. The van der Waals surface area contributed by atoms with Crippen LogP contribution in [-0.4, -0.2) is 20.8 Å². The van der Waals surface area contributed by atoms with Crippen LogP contribution < -0.4 is 11.2 Å². The van der Waals surface area contributed by atoms with Crippen molar-refractivity contribution in [3.63, 3.8) is 0 Å². The molecule has 6 nitrogen and oxygen atoms in total. The van der Waals surface area contributed by atoms with Crippen LogP contribution in [0, 0.1) is 6.92 Å². The van der Waals surface area contributed by atoms with Crippen LogP contribution in [0.2, 0.25) is 0 Å². The Balaban J connectivity index is 2.18. The number of rotatable bonds is 2. The molecule has 1 heterocycles. The van der Waals surface area contributed by atoms with Gasteiger partial charge in [0, 0.05) is 23.7 Å². The fraction of sp³-hybridized carbons (Fsp3) is 0.176. The molecule has 1 aromatic heterocycles. The highest BCUT2D eigenvalue weighted by molar-refractivity contribution is 5.95. The first-order valence-electron chi connectivity index (χ1n) is 7.14. The normalized spacial score (nSPS) is 16.7. The van der Waals surface area contributed by atoms with Gasteiger partial charge in [-0.15, -0.1) is 0 Å². The summed E-state index contributed by atoms with van der Waals surface area (Å²) in [6, 6.07) is 7.67. The summed E-state index contributed by atoms with van der Waals surface area (Å²) in [5.41, 5.74) is -0.865. The van der Waals surface area contributed by atoms with Gasteiger partial charge in [-0.3, -0.25) is 19.0 Å². The number of carbonyl (C=O) groups is 2. The third-order valence-electron chi connectivity index (χ3n) is 3.78. The summed E-state index contributed by atoms with van der Waals surface area (Å²) < 4.78 is 1.89. The lowest BCUT2D eigenvalue weighted by molar-refractivity contribution is -0.114. The topological polar surface area (TPSA) is 78.1 Å². The minimum Gasteiger partial charge on any atom is -0.295 e. The molecule has 0 unspecified atom stereocenters. The number of carbonyl (C=O) groups excluding carboxylic acids is 2. The van der Waals surface area contributed by atoms with Crippen LogP contribution in [0.5, 0.6) is 0 Å². The van der Waals surface area contributed by atoms with Crippen LogP contribution in [0.3, 0.4) is 0 Å². The predicted octanol–water partition coefficient (Wildman–Crippen LogP) is 1.08. The second kappa shape index (κ2) is 5.64. The molecule has 0 bridgehead atoms. The summed E-state index contributed by atoms with van der Waals surface area (Å²) in [5, 5.41) is 0. The standard InChI is InChI=1S/C17H14N2O4/c1-11-10-18(13-7-8-14(20)9-13)17(23)19(15(11)21)16(22)12-5-3-2-4-6-12/h2-8,10,13H,9H2,1H3/t13-/m1/s1. The first-order valence-corrected chi connectivity index (χ1v) is 7.14. The van der Waals surface area contributed by atoms with E-state index in [0.29, 0.717) is 4.57 Å². The first kappa shape index (κ1) is 14.9. The minimum atomic E-state index is -0.737. The molecule has 116 valence electrons. The van der Waals surface area contributed by atoms with Crippen molar-refractivity contribution < 1.29 is 9.59 Å². The van der Waals surface area contributed by atoms with E-state index in [1.54, 1.807) is 36.4 Å². The van der Waals surface area contributed by atoms with Crippen molar-refractivity contribution >= 4 is 11.7 Å². The lowest BCUT2D eigenvalue weighted by Crippen LogP contribution is -2.45. The van der Waals surface area contributed by atoms with Crippen molar-refractivity contribution in [2.45, 2.75) is 19.4 Å². The molecule has 6 heteroatoms. The largest absolute Gasteiger partial charge is 0.338 e. The molecule has 0 spiro atoms. The van der Waals surface area contributed by atoms with Gasteiger partial charge in [-0.2, -0.15) is 4.57 Å². The highest BCUT2D eigenvalue weighted by Crippen LogP contribution is 2.18. The van der Waals surface area contributed by atoms with Crippen LogP contribution >= 0.6 is 0 Å². The summed E-state index contributed by atoms with van der Waals surface area (Å²) in [5.74, 6) is -0.766. The van der Waals surface area contributed by atoms with Crippen molar-refractivity contribution in [1.29, 1.82) is 0 Å². The summed E-state index contributed by atoms with van der Waals surface area (Å²) in [6.45, 7) is 1.54. The number of ketones is 1. The van der Waals surface area contributed by atoms with E-state index >= 15 is 0 Å². The zero-order chi connectivity index (χ0) is 16.6. The minimum absolute atomic E-state index is 0.0910. The molecule has 3 rings (SSSR count). The van der Waals surface area contributed by atoms with Crippen LogP contribution in [0.25, 0.3) is 0 Å². The van der Waals surface area contributed by atoms with Crippen molar-refractivity contribution in [2.75, 3.05) is 0 Å². The van der Waals surface area contributed by atoms with Crippen LogP contribution in [-0.2, 0) is 4.79 Å². The fourth-order valence-electron chi connectivity index (χ4n) is 2.58. The summed E-state index contributed by atoms with van der Waals surface area (Å²) in [6.07, 6.45) is 4.55. The Morgan fingerprint density at radius 3 is 2.43 bits per heavy atom. The van der Waals surface area contributed by atoms with Gasteiger partial charge in [0.25, 0.3) is 11.5 Å². The van der Waals surface area contributed by atoms with Gasteiger partial charge in [0.2, 0.25) is 0 Å². The van der Waals surface area contributed by atoms with Crippen LogP contribution in [0.15, 0.2) is 58.3 Å². The Morgan fingerprint density at radius 1 is 1.13 bits per heavy atom. The molecule has 23 heavy (non-hydrogen) atoms. The van der Waals surface area contributed by atoms with E-state index in [1.807, 2.05) is 0 Å². The predicted molar refractivity (Wildman–Crippen MR) is 83.7 cm³/mol. The Hall–Kier alpha value is -3.02. The number of nitrogens with zero attached hydrogens (tertiary/aromatic N) is 2. The molecule has 0 radical (unpaired) electrons. The third kappa shape index (κ3) is 2.59. The van der Waals surface area contributed by atoms with E-state index in [9.17, 15) is 19.2 Å². The Kier molecular flexibility index (Phi) is 3.65. The van der Waals surface area contributed by atoms with Crippen molar-refractivity contribution in [3.05, 3.63) is 80.6 Å². The molecule has 1 atom stereocenters. The van der Waals surface area contributed by atoms with Gasteiger partial charge in [-0.05, 0) is 25.1 Å². The second-order valence-electron chi connectivity index (χ2n) is 5.41. The summed E-state index contributed by atoms with van der Waals surface area (Å²) in [7, 11) is 0. The van der Waals surface area contributed by atoms with Gasteiger partial charge in [-0.1, -0.05) is 24.3 Å². The molecule has 2 aromatic rings. The van der Waals surface area contributed by atoms with Crippen molar-refractivity contribution in [1.82, 2.24) is 9.13 Å². The van der Waals surface area contributed by atoms with E-state index in [0.717, 1.165) is 0 Å². The summed E-state index contributed by atoms with van der Waals surface area (Å²) in [4.78, 5) is 48.8. The molecule has 1 aliphatic rings. The molecular weight excluding hydrogens is 296 g/mol. The van der Waals surface area contributed by atoms with Crippen molar-refractivity contribution in [2.24, 2.45) is 0 Å². The molecule has 0 aliphatic heterocycles.